The highest BCUT2D eigenvalue weighted by Crippen LogP contribution is 2.22. The summed E-state index contributed by atoms with van der Waals surface area (Å²) < 4.78 is 13.6. The van der Waals surface area contributed by atoms with Crippen LogP contribution in [-0.2, 0) is 0 Å². The van der Waals surface area contributed by atoms with Gasteiger partial charge in [-0.3, -0.25) is 9.78 Å². The largest absolute Gasteiger partial charge is 0.292 e. The Morgan fingerprint density at radius 3 is 2.67 bits per heavy atom. The second kappa shape index (κ2) is 5.19. The van der Waals surface area contributed by atoms with Gasteiger partial charge in [0, 0.05) is 23.5 Å². The fraction of sp³-hybridized carbons (Fsp3) is 0.0714. The van der Waals surface area contributed by atoms with Crippen molar-refractivity contribution in [2.45, 2.75) is 5.92 Å². The van der Waals surface area contributed by atoms with Gasteiger partial charge in [0.1, 0.15) is 11.7 Å². The predicted molar refractivity (Wildman–Crippen MR) is 63.3 cm³/mol. The molecule has 1 aromatic carbocycles. The van der Waals surface area contributed by atoms with Crippen LogP contribution in [0.25, 0.3) is 0 Å². The molecule has 1 aromatic heterocycles. The number of carbonyl (C=O) groups excluding carboxylic acids is 1. The van der Waals surface area contributed by atoms with Crippen LogP contribution in [0.3, 0.4) is 0 Å². The number of ketones is 1. The molecule has 0 radical (unpaired) electrons. The average molecular weight is 240 g/mol. The molecule has 1 atom stereocenters. The van der Waals surface area contributed by atoms with E-state index in [0.29, 0.717) is 5.56 Å². The maximum Gasteiger partial charge on any atom is 0.186 e. The Morgan fingerprint density at radius 2 is 2.06 bits per heavy atom. The molecule has 88 valence electrons. The van der Waals surface area contributed by atoms with Gasteiger partial charge in [0.25, 0.3) is 0 Å². The van der Waals surface area contributed by atoms with Gasteiger partial charge < -0.3 is 0 Å². The fourth-order valence-corrected chi connectivity index (χ4v) is 1.65. The van der Waals surface area contributed by atoms with Crippen molar-refractivity contribution in [2.75, 3.05) is 0 Å². The van der Waals surface area contributed by atoms with Crippen LogP contribution in [0, 0.1) is 17.1 Å². The molecule has 0 aliphatic carbocycles. The van der Waals surface area contributed by atoms with Crippen molar-refractivity contribution in [1.82, 2.24) is 4.98 Å². The predicted octanol–water partition coefficient (Wildman–Crippen LogP) is 2.71. The SMILES string of the molecule is N#CC(C(=O)c1cccnc1)c1ccccc1F. The number of carbonyl (C=O) groups is 1. The van der Waals surface area contributed by atoms with Gasteiger partial charge in [-0.05, 0) is 18.2 Å². The van der Waals surface area contributed by atoms with E-state index in [9.17, 15) is 9.18 Å². The zero-order valence-corrected chi connectivity index (χ0v) is 9.38. The summed E-state index contributed by atoms with van der Waals surface area (Å²) in [7, 11) is 0. The third-order valence-electron chi connectivity index (χ3n) is 2.55. The van der Waals surface area contributed by atoms with Crippen LogP contribution in [0.5, 0.6) is 0 Å². The number of rotatable bonds is 3. The van der Waals surface area contributed by atoms with E-state index in [-0.39, 0.29) is 5.56 Å². The van der Waals surface area contributed by atoms with Crippen LogP contribution < -0.4 is 0 Å². The van der Waals surface area contributed by atoms with Crippen molar-refractivity contribution in [3.05, 3.63) is 65.7 Å². The van der Waals surface area contributed by atoms with Crippen LogP contribution in [0.15, 0.2) is 48.8 Å². The van der Waals surface area contributed by atoms with Crippen LogP contribution in [0.4, 0.5) is 4.39 Å². The van der Waals surface area contributed by atoms with E-state index in [2.05, 4.69) is 4.98 Å². The lowest BCUT2D eigenvalue weighted by atomic mass is 9.92. The molecular weight excluding hydrogens is 231 g/mol. The second-order valence-electron chi connectivity index (χ2n) is 3.69. The van der Waals surface area contributed by atoms with Crippen LogP contribution in [0.1, 0.15) is 21.8 Å². The number of pyridine rings is 1. The highest BCUT2D eigenvalue weighted by atomic mass is 19.1. The maximum absolute atomic E-state index is 13.6. The Kier molecular flexibility index (Phi) is 3.44. The van der Waals surface area contributed by atoms with Crippen molar-refractivity contribution in [1.29, 1.82) is 5.26 Å². The molecule has 1 heterocycles. The number of hydrogen-bond acceptors (Lipinski definition) is 3. The summed E-state index contributed by atoms with van der Waals surface area (Å²) in [6.45, 7) is 0. The molecule has 1 unspecified atom stereocenters. The number of hydrogen-bond donors (Lipinski definition) is 0. The zero-order chi connectivity index (χ0) is 13.0. The smallest absolute Gasteiger partial charge is 0.186 e. The summed E-state index contributed by atoms with van der Waals surface area (Å²) in [5, 5.41) is 9.08. The van der Waals surface area contributed by atoms with E-state index >= 15 is 0 Å². The van der Waals surface area contributed by atoms with Gasteiger partial charge in [-0.2, -0.15) is 5.26 Å². The molecule has 0 spiro atoms. The lowest BCUT2D eigenvalue weighted by molar-refractivity contribution is 0.0977. The van der Waals surface area contributed by atoms with E-state index < -0.39 is 17.5 Å². The van der Waals surface area contributed by atoms with E-state index in [0.717, 1.165) is 0 Å². The highest BCUT2D eigenvalue weighted by Gasteiger charge is 2.24. The van der Waals surface area contributed by atoms with Crippen LogP contribution in [-0.4, -0.2) is 10.8 Å². The number of halogens is 1. The number of aromatic nitrogens is 1. The van der Waals surface area contributed by atoms with Crippen molar-refractivity contribution in [3.8, 4) is 6.07 Å². The van der Waals surface area contributed by atoms with Gasteiger partial charge in [0.15, 0.2) is 5.78 Å². The molecule has 2 aromatic rings. The van der Waals surface area contributed by atoms with Crippen molar-refractivity contribution < 1.29 is 9.18 Å². The molecule has 0 aliphatic heterocycles. The van der Waals surface area contributed by atoms with Crippen LogP contribution in [0.2, 0.25) is 0 Å². The third-order valence-corrected chi connectivity index (χ3v) is 2.55. The monoisotopic (exact) mass is 240 g/mol. The Morgan fingerprint density at radius 1 is 1.28 bits per heavy atom. The van der Waals surface area contributed by atoms with Crippen molar-refractivity contribution in [3.63, 3.8) is 0 Å². The Hall–Kier alpha value is -2.54. The molecular formula is C14H9FN2O. The summed E-state index contributed by atoms with van der Waals surface area (Å²) in [6, 6.07) is 10.8. The molecule has 2 rings (SSSR count). The number of nitrogens with zero attached hydrogens (tertiary/aromatic N) is 2. The van der Waals surface area contributed by atoms with E-state index in [1.165, 1.54) is 30.6 Å². The molecule has 4 heteroatoms. The minimum atomic E-state index is -1.14. The van der Waals surface area contributed by atoms with Gasteiger partial charge in [-0.15, -0.1) is 0 Å². The second-order valence-corrected chi connectivity index (χ2v) is 3.69. The number of nitriles is 1. The molecule has 0 fully saturated rings. The van der Waals surface area contributed by atoms with Gasteiger partial charge in [-0.25, -0.2) is 4.39 Å². The summed E-state index contributed by atoms with van der Waals surface area (Å²) in [6.07, 6.45) is 2.90. The summed E-state index contributed by atoms with van der Waals surface area (Å²) in [5.74, 6) is -2.15. The zero-order valence-electron chi connectivity index (χ0n) is 9.38. The molecule has 3 nitrogen and oxygen atoms in total. The molecule has 0 amide bonds. The van der Waals surface area contributed by atoms with Crippen molar-refractivity contribution >= 4 is 5.78 Å². The molecule has 0 saturated heterocycles. The maximum atomic E-state index is 13.6. The number of benzene rings is 1. The average Bonchev–Trinajstić information content (AvgIpc) is 2.42. The summed E-state index contributed by atoms with van der Waals surface area (Å²) >= 11 is 0. The Balaban J connectivity index is 2.40. The normalized spacial score (nSPS) is 11.6. The van der Waals surface area contributed by atoms with E-state index in [4.69, 9.17) is 5.26 Å². The Bertz CT molecular complexity index is 605. The minimum Gasteiger partial charge on any atom is -0.292 e. The first-order valence-electron chi connectivity index (χ1n) is 5.32. The minimum absolute atomic E-state index is 0.0915. The third kappa shape index (κ3) is 2.25. The number of Topliss-reactive ketones (excluding diaryl/α,β-unsaturated/α-hetero) is 1. The molecule has 18 heavy (non-hydrogen) atoms. The van der Waals surface area contributed by atoms with Crippen LogP contribution >= 0.6 is 0 Å². The van der Waals surface area contributed by atoms with Gasteiger partial charge in [0.2, 0.25) is 0 Å². The van der Waals surface area contributed by atoms with Crippen molar-refractivity contribution in [2.24, 2.45) is 0 Å². The first kappa shape index (κ1) is 11.9. The lowest BCUT2D eigenvalue weighted by Gasteiger charge is -2.09. The lowest BCUT2D eigenvalue weighted by Crippen LogP contribution is -2.12. The molecule has 0 saturated carbocycles. The molecule has 0 aliphatic rings. The summed E-state index contributed by atoms with van der Waals surface area (Å²) in [4.78, 5) is 15.9. The molecule has 0 N–H and O–H groups in total. The van der Waals surface area contributed by atoms with E-state index in [1.54, 1.807) is 18.2 Å². The Labute approximate surface area is 104 Å². The summed E-state index contributed by atoms with van der Waals surface area (Å²) in [5.41, 5.74) is 0.390. The molecule has 0 bridgehead atoms. The fourth-order valence-electron chi connectivity index (χ4n) is 1.65. The highest BCUT2D eigenvalue weighted by molar-refractivity contribution is 6.02. The standard InChI is InChI=1S/C14H9FN2O/c15-13-6-2-1-5-11(13)12(8-16)14(18)10-4-3-7-17-9-10/h1-7,9,12H. The van der Waals surface area contributed by atoms with E-state index in [1.807, 2.05) is 6.07 Å². The van der Waals surface area contributed by atoms with Gasteiger partial charge in [-0.1, -0.05) is 18.2 Å². The quantitative estimate of drug-likeness (QED) is 0.775. The first-order valence-corrected chi connectivity index (χ1v) is 5.32. The van der Waals surface area contributed by atoms with Gasteiger partial charge >= 0.3 is 0 Å². The first-order chi connectivity index (χ1) is 8.74. The topological polar surface area (TPSA) is 53.8 Å². The van der Waals surface area contributed by atoms with Gasteiger partial charge in [0.05, 0.1) is 6.07 Å².